The Balaban J connectivity index is 1.50. The molecule has 2 aromatic carbocycles. The van der Waals surface area contributed by atoms with E-state index in [9.17, 15) is 14.0 Å². The molecule has 1 aliphatic rings. The van der Waals surface area contributed by atoms with Gasteiger partial charge in [0.05, 0.1) is 11.6 Å². The molecule has 27 heavy (non-hydrogen) atoms. The van der Waals surface area contributed by atoms with Crippen LogP contribution < -0.4 is 15.8 Å². The molecule has 1 heterocycles. The molecule has 2 amide bonds. The second kappa shape index (κ2) is 8.68. The Morgan fingerprint density at radius 3 is 2.81 bits per heavy atom. The van der Waals surface area contributed by atoms with Gasteiger partial charge in [-0.1, -0.05) is 35.9 Å². The van der Waals surface area contributed by atoms with E-state index in [4.69, 9.17) is 11.6 Å². The largest absolute Gasteiger partial charge is 0.362 e. The van der Waals surface area contributed by atoms with Crippen molar-refractivity contribution in [2.75, 3.05) is 18.0 Å². The summed E-state index contributed by atoms with van der Waals surface area (Å²) < 4.78 is 13.1. The summed E-state index contributed by atoms with van der Waals surface area (Å²) in [5.74, 6) is -1.33. The molecule has 7 heteroatoms. The Hall–Kier alpha value is -2.86. The molecule has 2 aromatic rings. The Bertz CT molecular complexity index is 885. The number of rotatable bonds is 4. The summed E-state index contributed by atoms with van der Waals surface area (Å²) in [6.07, 6.45) is 4.70. The lowest BCUT2D eigenvalue weighted by Gasteiger charge is -2.30. The number of nitrogens with zero attached hydrogens (tertiary/aromatic N) is 1. The van der Waals surface area contributed by atoms with Gasteiger partial charge in [-0.2, -0.15) is 0 Å². The summed E-state index contributed by atoms with van der Waals surface area (Å²) in [4.78, 5) is 26.0. The predicted molar refractivity (Wildman–Crippen MR) is 104 cm³/mol. The average molecular weight is 388 g/mol. The van der Waals surface area contributed by atoms with Crippen LogP contribution in [0.4, 0.5) is 10.1 Å². The monoisotopic (exact) mass is 387 g/mol. The molecule has 0 radical (unpaired) electrons. The normalized spacial score (nSPS) is 13.3. The first kappa shape index (κ1) is 18.9. The second-order valence-corrected chi connectivity index (χ2v) is 6.61. The first-order chi connectivity index (χ1) is 13.0. The molecule has 0 atom stereocenters. The van der Waals surface area contributed by atoms with Gasteiger partial charge >= 0.3 is 0 Å². The molecule has 0 spiro atoms. The van der Waals surface area contributed by atoms with Crippen LogP contribution in [0.2, 0.25) is 5.02 Å². The van der Waals surface area contributed by atoms with Crippen LogP contribution in [0.3, 0.4) is 0 Å². The Morgan fingerprint density at radius 2 is 2.00 bits per heavy atom. The van der Waals surface area contributed by atoms with Crippen LogP contribution in [0.1, 0.15) is 17.5 Å². The zero-order valence-corrected chi connectivity index (χ0v) is 15.3. The highest BCUT2D eigenvalue weighted by Gasteiger charge is 2.18. The number of carbonyl (C=O) groups is 2. The van der Waals surface area contributed by atoms with E-state index < -0.39 is 11.7 Å². The van der Waals surface area contributed by atoms with Gasteiger partial charge in [-0.25, -0.2) is 4.39 Å². The van der Waals surface area contributed by atoms with Gasteiger partial charge in [0, 0.05) is 18.3 Å². The summed E-state index contributed by atoms with van der Waals surface area (Å²) in [7, 11) is 0. The van der Waals surface area contributed by atoms with Crippen LogP contribution in [-0.4, -0.2) is 24.9 Å². The van der Waals surface area contributed by atoms with Crippen molar-refractivity contribution in [2.45, 2.75) is 12.8 Å². The Kier molecular flexibility index (Phi) is 6.08. The van der Waals surface area contributed by atoms with E-state index in [0.29, 0.717) is 5.56 Å². The van der Waals surface area contributed by atoms with Gasteiger partial charge in [0.25, 0.3) is 11.8 Å². The molecule has 2 N–H and O–H groups in total. The molecular formula is C20H19ClFN3O2. The number of amides is 2. The zero-order chi connectivity index (χ0) is 19.2. The third kappa shape index (κ3) is 5.08. The second-order valence-electron chi connectivity index (χ2n) is 6.20. The minimum atomic E-state index is -0.523. The third-order valence-electron chi connectivity index (χ3n) is 4.24. The van der Waals surface area contributed by atoms with Crippen molar-refractivity contribution < 1.29 is 14.0 Å². The number of aryl methyl sites for hydroxylation is 1. The lowest BCUT2D eigenvalue weighted by molar-refractivity contribution is -0.125. The van der Waals surface area contributed by atoms with E-state index in [2.05, 4.69) is 16.9 Å². The number of nitrogens with one attached hydrogen (secondary N) is 2. The van der Waals surface area contributed by atoms with Gasteiger partial charge in [-0.05, 0) is 48.2 Å². The number of para-hydroxylation sites is 1. The molecular weight excluding hydrogens is 369 g/mol. The zero-order valence-electron chi connectivity index (χ0n) is 14.5. The topological polar surface area (TPSA) is 61.4 Å². The first-order valence-corrected chi connectivity index (χ1v) is 8.95. The molecule has 0 aliphatic carbocycles. The quantitative estimate of drug-likeness (QED) is 0.626. The van der Waals surface area contributed by atoms with E-state index >= 15 is 0 Å². The number of anilines is 1. The fourth-order valence-electron chi connectivity index (χ4n) is 2.95. The van der Waals surface area contributed by atoms with Gasteiger partial charge in [-0.15, -0.1) is 0 Å². The smallest absolute Gasteiger partial charge is 0.262 e. The Morgan fingerprint density at radius 1 is 1.19 bits per heavy atom. The van der Waals surface area contributed by atoms with Crippen LogP contribution in [0.15, 0.2) is 48.5 Å². The molecule has 0 aromatic heterocycles. The fourth-order valence-corrected chi connectivity index (χ4v) is 3.14. The van der Waals surface area contributed by atoms with Gasteiger partial charge in [-0.3, -0.25) is 20.4 Å². The average Bonchev–Trinajstić information content (AvgIpc) is 2.67. The number of fused-ring (bicyclic) bond motifs is 1. The van der Waals surface area contributed by atoms with Crippen LogP contribution in [-0.2, 0) is 16.0 Å². The van der Waals surface area contributed by atoms with Crippen LogP contribution in [0.25, 0.3) is 6.08 Å². The van der Waals surface area contributed by atoms with Crippen molar-refractivity contribution in [3.05, 3.63) is 70.5 Å². The minimum Gasteiger partial charge on any atom is -0.362 e. The van der Waals surface area contributed by atoms with Gasteiger partial charge < -0.3 is 4.90 Å². The molecule has 1 aliphatic heterocycles. The van der Waals surface area contributed by atoms with Crippen molar-refractivity contribution in [1.29, 1.82) is 0 Å². The van der Waals surface area contributed by atoms with Crippen LogP contribution in [0.5, 0.6) is 0 Å². The summed E-state index contributed by atoms with van der Waals surface area (Å²) in [5, 5.41) is -0.0207. The lowest BCUT2D eigenvalue weighted by Crippen LogP contribution is -2.47. The Labute approximate surface area is 161 Å². The van der Waals surface area contributed by atoms with E-state index in [1.165, 1.54) is 35.9 Å². The van der Waals surface area contributed by atoms with Crippen molar-refractivity contribution in [1.82, 2.24) is 10.9 Å². The molecule has 140 valence electrons. The molecule has 0 fully saturated rings. The fraction of sp³-hybridized carbons (Fsp3) is 0.200. The third-order valence-corrected chi connectivity index (χ3v) is 4.53. The summed E-state index contributed by atoms with van der Waals surface area (Å²) in [6, 6.07) is 12.1. The van der Waals surface area contributed by atoms with Gasteiger partial charge in [0.2, 0.25) is 0 Å². The maximum atomic E-state index is 13.1. The standard InChI is InChI=1S/C20H19ClFN3O2/c21-16-12-14(7-9-17(16)22)8-10-19(26)23-24-20(27)13-25-11-3-5-15-4-1-2-6-18(15)25/h1-2,4,6-10,12H,3,5,11,13H2,(H,23,26)(H,24,27)/b10-8+. The van der Waals surface area contributed by atoms with E-state index in [1.807, 2.05) is 23.1 Å². The molecule has 5 nitrogen and oxygen atoms in total. The molecule has 0 saturated carbocycles. The molecule has 0 bridgehead atoms. The van der Waals surface area contributed by atoms with Crippen LogP contribution >= 0.6 is 11.6 Å². The number of carbonyl (C=O) groups excluding carboxylic acids is 2. The maximum Gasteiger partial charge on any atom is 0.262 e. The van der Waals surface area contributed by atoms with E-state index in [-0.39, 0.29) is 17.5 Å². The van der Waals surface area contributed by atoms with Crippen LogP contribution in [0, 0.1) is 5.82 Å². The van der Waals surface area contributed by atoms with E-state index in [1.54, 1.807) is 0 Å². The number of benzene rings is 2. The van der Waals surface area contributed by atoms with Crippen molar-refractivity contribution in [3.63, 3.8) is 0 Å². The lowest BCUT2D eigenvalue weighted by atomic mass is 10.0. The van der Waals surface area contributed by atoms with Crippen molar-refractivity contribution in [2.24, 2.45) is 0 Å². The number of halogens is 2. The highest BCUT2D eigenvalue weighted by atomic mass is 35.5. The number of hydrogen-bond acceptors (Lipinski definition) is 3. The highest BCUT2D eigenvalue weighted by molar-refractivity contribution is 6.30. The SMILES string of the molecule is O=C(/C=C/c1ccc(F)c(Cl)c1)NNC(=O)CN1CCCc2ccccc21. The van der Waals surface area contributed by atoms with Gasteiger partial charge in [0.15, 0.2) is 0 Å². The summed E-state index contributed by atoms with van der Waals surface area (Å²) in [6.45, 7) is 0.957. The maximum absolute atomic E-state index is 13.1. The minimum absolute atomic E-state index is 0.0207. The summed E-state index contributed by atoms with van der Waals surface area (Å²) in [5.41, 5.74) is 7.59. The molecule has 0 saturated heterocycles. The van der Waals surface area contributed by atoms with Gasteiger partial charge in [0.1, 0.15) is 5.82 Å². The first-order valence-electron chi connectivity index (χ1n) is 8.58. The van der Waals surface area contributed by atoms with Crippen molar-refractivity contribution >= 4 is 35.2 Å². The number of hydrazine groups is 1. The predicted octanol–water partition coefficient (Wildman–Crippen LogP) is 3.09. The van der Waals surface area contributed by atoms with Crippen molar-refractivity contribution in [3.8, 4) is 0 Å². The highest BCUT2D eigenvalue weighted by Crippen LogP contribution is 2.26. The summed E-state index contributed by atoms with van der Waals surface area (Å²) >= 11 is 5.69. The van der Waals surface area contributed by atoms with E-state index in [0.717, 1.165) is 25.1 Å². The molecule has 0 unspecified atom stereocenters. The number of hydrogen-bond donors (Lipinski definition) is 2. The molecule has 3 rings (SSSR count).